The van der Waals surface area contributed by atoms with E-state index in [1.54, 1.807) is 42.5 Å². The Labute approximate surface area is 185 Å². The summed E-state index contributed by atoms with van der Waals surface area (Å²) < 4.78 is 49.4. The van der Waals surface area contributed by atoms with Crippen LogP contribution in [0.15, 0.2) is 54.6 Å². The minimum Gasteiger partial charge on any atom is -0.481 e. The van der Waals surface area contributed by atoms with Crippen LogP contribution in [0.4, 0.5) is 13.2 Å². The predicted octanol–water partition coefficient (Wildman–Crippen LogP) is 6.67. The van der Waals surface area contributed by atoms with E-state index < -0.39 is 24.5 Å². The lowest BCUT2D eigenvalue weighted by Gasteiger charge is -2.20. The third kappa shape index (κ3) is 6.22. The fraction of sp³-hybridized carbons (Fsp3) is 0.360. The van der Waals surface area contributed by atoms with Crippen molar-refractivity contribution in [1.82, 2.24) is 4.98 Å². The second-order valence-corrected chi connectivity index (χ2v) is 7.62. The van der Waals surface area contributed by atoms with Gasteiger partial charge in [-0.25, -0.2) is 9.78 Å². The highest BCUT2D eigenvalue weighted by molar-refractivity contribution is 5.89. The molecule has 32 heavy (non-hydrogen) atoms. The number of ether oxygens (including phenoxy) is 2. The molecule has 0 fully saturated rings. The number of unbranched alkanes of at least 4 members (excludes halogenated alkanes) is 1. The molecule has 0 amide bonds. The van der Waals surface area contributed by atoms with E-state index in [2.05, 4.69) is 4.98 Å². The maximum Gasteiger partial charge on any atom is 0.389 e. The van der Waals surface area contributed by atoms with Gasteiger partial charge in [0.2, 0.25) is 5.88 Å². The van der Waals surface area contributed by atoms with Gasteiger partial charge in [0, 0.05) is 23.8 Å². The fourth-order valence-corrected chi connectivity index (χ4v) is 3.53. The van der Waals surface area contributed by atoms with Crippen LogP contribution >= 0.6 is 0 Å². The summed E-state index contributed by atoms with van der Waals surface area (Å²) in [6.45, 7) is 2.35. The molecule has 1 atom stereocenters. The van der Waals surface area contributed by atoms with Crippen LogP contribution in [0.25, 0.3) is 10.9 Å². The van der Waals surface area contributed by atoms with E-state index in [1.807, 2.05) is 19.1 Å². The first-order chi connectivity index (χ1) is 15.3. The number of benzene rings is 2. The molecule has 0 aliphatic carbocycles. The van der Waals surface area contributed by atoms with Crippen molar-refractivity contribution in [3.63, 3.8) is 0 Å². The number of alkyl halides is 3. The second-order valence-electron chi connectivity index (χ2n) is 7.62. The van der Waals surface area contributed by atoms with Gasteiger partial charge in [-0.05, 0) is 54.3 Å². The summed E-state index contributed by atoms with van der Waals surface area (Å²) in [4.78, 5) is 16.5. The van der Waals surface area contributed by atoms with Crippen LogP contribution in [0, 0.1) is 0 Å². The van der Waals surface area contributed by atoms with Crippen molar-refractivity contribution in [2.24, 2.45) is 0 Å². The van der Waals surface area contributed by atoms with Gasteiger partial charge in [0.05, 0.1) is 24.8 Å². The lowest BCUT2D eigenvalue weighted by atomic mass is 9.86. The first kappa shape index (κ1) is 23.6. The van der Waals surface area contributed by atoms with E-state index in [9.17, 15) is 18.0 Å². The van der Waals surface area contributed by atoms with E-state index in [1.165, 1.54) is 7.11 Å². The number of nitrogens with zero attached hydrogens (tertiary/aromatic N) is 1. The highest BCUT2D eigenvalue weighted by Crippen LogP contribution is 2.35. The van der Waals surface area contributed by atoms with Crippen LogP contribution in [-0.4, -0.2) is 30.8 Å². The third-order valence-corrected chi connectivity index (χ3v) is 5.30. The van der Waals surface area contributed by atoms with Crippen LogP contribution in [0.2, 0.25) is 0 Å². The highest BCUT2D eigenvalue weighted by Gasteiger charge is 2.29. The summed E-state index contributed by atoms with van der Waals surface area (Å²) in [5, 5.41) is 0.816. The Morgan fingerprint density at radius 2 is 1.75 bits per heavy atom. The largest absolute Gasteiger partial charge is 0.481 e. The Morgan fingerprint density at radius 3 is 2.41 bits per heavy atom. The number of halogens is 3. The molecule has 1 aromatic heterocycles. The summed E-state index contributed by atoms with van der Waals surface area (Å²) in [5.74, 6) is -0.434. The molecule has 0 saturated carbocycles. The van der Waals surface area contributed by atoms with E-state index in [0.717, 1.165) is 23.8 Å². The van der Waals surface area contributed by atoms with Crippen molar-refractivity contribution < 1.29 is 27.4 Å². The van der Waals surface area contributed by atoms with Gasteiger partial charge < -0.3 is 9.47 Å². The number of fused-ring (bicyclic) bond motifs is 1. The van der Waals surface area contributed by atoms with Crippen LogP contribution in [0.1, 0.15) is 60.0 Å². The summed E-state index contributed by atoms with van der Waals surface area (Å²) in [6.07, 6.45) is -3.56. The molecule has 1 heterocycles. The topological polar surface area (TPSA) is 48.4 Å². The quantitative estimate of drug-likeness (QED) is 0.272. The number of pyridine rings is 1. The molecule has 7 heteroatoms. The monoisotopic (exact) mass is 445 g/mol. The number of carbonyl (C=O) groups is 1. The van der Waals surface area contributed by atoms with Crippen LogP contribution in [0.3, 0.4) is 0 Å². The van der Waals surface area contributed by atoms with Gasteiger partial charge in [-0.1, -0.05) is 31.5 Å². The SMILES string of the molecule is CCCCOC(=O)c1ccc([C@@H](CCC(F)(F)F)c2ccc3nc(OC)ccc3c2)cc1. The zero-order valence-corrected chi connectivity index (χ0v) is 18.1. The van der Waals surface area contributed by atoms with Gasteiger partial charge in [-0.3, -0.25) is 0 Å². The molecule has 0 spiro atoms. The maximum atomic E-state index is 13.0. The second kappa shape index (κ2) is 10.5. The summed E-state index contributed by atoms with van der Waals surface area (Å²) in [7, 11) is 1.53. The van der Waals surface area contributed by atoms with Crippen molar-refractivity contribution >= 4 is 16.9 Å². The minimum absolute atomic E-state index is 0.0983. The molecule has 170 valence electrons. The van der Waals surface area contributed by atoms with E-state index >= 15 is 0 Å². The number of aromatic nitrogens is 1. The molecule has 0 N–H and O–H groups in total. The first-order valence-corrected chi connectivity index (χ1v) is 10.6. The van der Waals surface area contributed by atoms with Crippen molar-refractivity contribution in [3.8, 4) is 5.88 Å². The van der Waals surface area contributed by atoms with Crippen molar-refractivity contribution in [3.05, 3.63) is 71.3 Å². The third-order valence-electron chi connectivity index (χ3n) is 5.30. The molecule has 3 aromatic rings. The van der Waals surface area contributed by atoms with Crippen molar-refractivity contribution in [1.29, 1.82) is 0 Å². The molecule has 4 nitrogen and oxygen atoms in total. The Balaban J connectivity index is 1.89. The number of methoxy groups -OCH3 is 1. The smallest absolute Gasteiger partial charge is 0.389 e. The summed E-state index contributed by atoms with van der Waals surface area (Å²) in [5.41, 5.74) is 2.55. The molecule has 0 bridgehead atoms. The number of hydrogen-bond donors (Lipinski definition) is 0. The van der Waals surface area contributed by atoms with Crippen LogP contribution < -0.4 is 4.74 Å². The predicted molar refractivity (Wildman–Crippen MR) is 117 cm³/mol. The highest BCUT2D eigenvalue weighted by atomic mass is 19.4. The fourth-order valence-electron chi connectivity index (χ4n) is 3.53. The van der Waals surface area contributed by atoms with Crippen LogP contribution in [-0.2, 0) is 4.74 Å². The zero-order valence-electron chi connectivity index (χ0n) is 18.1. The molecule has 0 aliphatic rings. The molecule has 0 saturated heterocycles. The summed E-state index contributed by atoms with van der Waals surface area (Å²) in [6, 6.07) is 15.6. The lowest BCUT2D eigenvalue weighted by Crippen LogP contribution is -2.12. The van der Waals surface area contributed by atoms with Gasteiger partial charge >= 0.3 is 12.1 Å². The molecule has 0 aliphatic heterocycles. The lowest BCUT2D eigenvalue weighted by molar-refractivity contribution is -0.135. The Morgan fingerprint density at radius 1 is 1.03 bits per heavy atom. The van der Waals surface area contributed by atoms with Gasteiger partial charge in [0.15, 0.2) is 0 Å². The van der Waals surface area contributed by atoms with Gasteiger partial charge in [0.25, 0.3) is 0 Å². The minimum atomic E-state index is -4.26. The van der Waals surface area contributed by atoms with Crippen molar-refractivity contribution in [2.45, 2.75) is 44.7 Å². The van der Waals surface area contributed by atoms with E-state index in [-0.39, 0.29) is 6.42 Å². The Bertz CT molecular complexity index is 1050. The number of rotatable bonds is 9. The normalized spacial score (nSPS) is 12.5. The average molecular weight is 445 g/mol. The molecule has 3 rings (SSSR count). The molecular formula is C25H26F3NO3. The average Bonchev–Trinajstić information content (AvgIpc) is 2.78. The Kier molecular flexibility index (Phi) is 7.72. The molecular weight excluding hydrogens is 419 g/mol. The Hall–Kier alpha value is -3.09. The van der Waals surface area contributed by atoms with Gasteiger partial charge in [0.1, 0.15) is 0 Å². The molecule has 0 unspecified atom stereocenters. The summed E-state index contributed by atoms with van der Waals surface area (Å²) >= 11 is 0. The molecule has 0 radical (unpaired) electrons. The van der Waals surface area contributed by atoms with E-state index in [4.69, 9.17) is 9.47 Å². The zero-order chi connectivity index (χ0) is 23.1. The maximum absolute atomic E-state index is 13.0. The standard InChI is InChI=1S/C25H26F3NO3/c1-3-4-15-32-24(30)18-7-5-17(6-8-18)21(13-14-25(26,27)28)19-9-11-22-20(16-19)10-12-23(29-22)31-2/h5-12,16,21H,3-4,13-15H2,1-2H3/t21-/m1/s1. The van der Waals surface area contributed by atoms with Gasteiger partial charge in [-0.2, -0.15) is 13.2 Å². The molecule has 2 aromatic carbocycles. The number of carbonyl (C=O) groups excluding carboxylic acids is 1. The van der Waals surface area contributed by atoms with Crippen molar-refractivity contribution in [2.75, 3.05) is 13.7 Å². The van der Waals surface area contributed by atoms with E-state index in [0.29, 0.717) is 29.1 Å². The number of esters is 1. The first-order valence-electron chi connectivity index (χ1n) is 10.6. The van der Waals surface area contributed by atoms with Gasteiger partial charge in [-0.15, -0.1) is 0 Å². The number of hydrogen-bond acceptors (Lipinski definition) is 4. The van der Waals surface area contributed by atoms with Crippen LogP contribution in [0.5, 0.6) is 5.88 Å².